The second-order valence-electron chi connectivity index (χ2n) is 1.52. The Labute approximate surface area is 68.1 Å². The highest BCUT2D eigenvalue weighted by Crippen LogP contribution is 1.96. The monoisotopic (exact) mass is 205 g/mol. The van der Waals surface area contributed by atoms with Gasteiger partial charge in [-0.15, -0.1) is 11.6 Å². The van der Waals surface area contributed by atoms with Gasteiger partial charge >= 0.3 is 9.24 Å². The van der Waals surface area contributed by atoms with Crippen molar-refractivity contribution in [3.63, 3.8) is 0 Å². The van der Waals surface area contributed by atoms with E-state index in [4.69, 9.17) is 11.6 Å². The Hall–Kier alpha value is -0.000000000000000111. The Morgan fingerprint density at radius 2 is 2.00 bits per heavy atom. The first-order valence-corrected chi connectivity index (χ1v) is 4.98. The normalized spacial score (nSPS) is 14.3. The van der Waals surface area contributed by atoms with E-state index in [0.717, 1.165) is 0 Å². The van der Waals surface area contributed by atoms with E-state index >= 15 is 0 Å². The van der Waals surface area contributed by atoms with E-state index in [0.29, 0.717) is 0 Å². The fourth-order valence-electron chi connectivity index (χ4n) is 0.201. The number of carbonyl (C=O) groups excluding carboxylic acids is 1. The van der Waals surface area contributed by atoms with Crippen LogP contribution in [0.2, 0.25) is 0 Å². The molecule has 0 radical (unpaired) electrons. The average molecular weight is 206 g/mol. The van der Waals surface area contributed by atoms with Gasteiger partial charge in [-0.3, -0.25) is 4.79 Å². The molecule has 0 aliphatic carbocycles. The van der Waals surface area contributed by atoms with Crippen molar-refractivity contribution in [2.45, 2.75) is 12.3 Å². The maximum atomic E-state index is 10.5. The maximum Gasteiger partial charge on any atom is 0.321 e. The molecule has 0 heterocycles. The predicted molar refractivity (Wildman–Crippen MR) is 38.2 cm³/mol. The molecule has 60 valence electrons. The summed E-state index contributed by atoms with van der Waals surface area (Å²) in [6, 6.07) is 0. The first-order valence-electron chi connectivity index (χ1n) is 2.23. The lowest BCUT2D eigenvalue weighted by atomic mass is 10.5. The molecule has 0 spiro atoms. The molecule has 0 saturated carbocycles. The van der Waals surface area contributed by atoms with Gasteiger partial charge in [-0.05, 0) is 6.92 Å². The number of amides is 1. The summed E-state index contributed by atoms with van der Waals surface area (Å²) in [5.41, 5.74) is 0. The van der Waals surface area contributed by atoms with Crippen LogP contribution in [-0.2, 0) is 14.0 Å². The average Bonchev–Trinajstić information content (AvgIpc) is 1.60. The molecule has 1 amide bonds. The van der Waals surface area contributed by atoms with Gasteiger partial charge in [0, 0.05) is 10.7 Å². The summed E-state index contributed by atoms with van der Waals surface area (Å²) in [6.45, 7) is 1.33. The lowest BCUT2D eigenvalue weighted by Crippen LogP contribution is -2.31. The molecular formula is C3H5Cl2NO3S. The Balaban J connectivity index is 4.07. The molecule has 1 unspecified atom stereocenters. The molecule has 0 aromatic heterocycles. The third kappa shape index (κ3) is 4.84. The molecule has 0 aromatic carbocycles. The van der Waals surface area contributed by atoms with Gasteiger partial charge in [0.05, 0.1) is 0 Å². The summed E-state index contributed by atoms with van der Waals surface area (Å²) >= 11 is 5.20. The largest absolute Gasteiger partial charge is 0.321 e. The predicted octanol–water partition coefficient (Wildman–Crippen LogP) is 0.214. The zero-order chi connectivity index (χ0) is 8.36. The second-order valence-corrected chi connectivity index (χ2v) is 4.47. The van der Waals surface area contributed by atoms with Gasteiger partial charge in [0.25, 0.3) is 5.91 Å². The lowest BCUT2D eigenvalue weighted by molar-refractivity contribution is -0.118. The molecule has 0 aliphatic heterocycles. The molecule has 0 saturated heterocycles. The molecule has 10 heavy (non-hydrogen) atoms. The minimum absolute atomic E-state index is 0.836. The molecule has 0 rings (SSSR count). The van der Waals surface area contributed by atoms with Gasteiger partial charge in [0.15, 0.2) is 0 Å². The van der Waals surface area contributed by atoms with Crippen LogP contribution in [-0.4, -0.2) is 19.7 Å². The Morgan fingerprint density at radius 1 is 1.60 bits per heavy atom. The Morgan fingerprint density at radius 3 is 2.10 bits per heavy atom. The summed E-state index contributed by atoms with van der Waals surface area (Å²) in [5, 5.41) is -0.909. The molecule has 0 bridgehead atoms. The molecule has 7 heteroatoms. The van der Waals surface area contributed by atoms with Gasteiger partial charge in [0.2, 0.25) is 0 Å². The Bertz CT molecular complexity index is 222. The summed E-state index contributed by atoms with van der Waals surface area (Å²) in [4.78, 5) is 10.5. The van der Waals surface area contributed by atoms with Crippen LogP contribution < -0.4 is 4.72 Å². The third-order valence-electron chi connectivity index (χ3n) is 0.584. The van der Waals surface area contributed by atoms with Crippen LogP contribution in [0.15, 0.2) is 0 Å². The van der Waals surface area contributed by atoms with Crippen LogP contribution in [0.5, 0.6) is 0 Å². The van der Waals surface area contributed by atoms with Crippen LogP contribution in [0.25, 0.3) is 0 Å². The number of alkyl halides is 1. The number of hydrogen-bond acceptors (Lipinski definition) is 3. The van der Waals surface area contributed by atoms with Crippen molar-refractivity contribution in [1.29, 1.82) is 0 Å². The summed E-state index contributed by atoms with van der Waals surface area (Å²) in [6.07, 6.45) is 0. The number of halogens is 2. The Kier molecular flexibility index (Phi) is 3.41. The molecule has 0 aliphatic rings. The van der Waals surface area contributed by atoms with E-state index in [2.05, 4.69) is 10.7 Å². The van der Waals surface area contributed by atoms with Gasteiger partial charge in [-0.2, -0.15) is 8.42 Å². The highest BCUT2D eigenvalue weighted by atomic mass is 35.7. The SMILES string of the molecule is CC(Cl)C(=O)NS(=O)(=O)Cl. The van der Waals surface area contributed by atoms with E-state index in [9.17, 15) is 13.2 Å². The zero-order valence-electron chi connectivity index (χ0n) is 4.97. The van der Waals surface area contributed by atoms with Crippen LogP contribution in [0.1, 0.15) is 6.92 Å². The summed E-state index contributed by atoms with van der Waals surface area (Å²) in [5.74, 6) is -0.836. The van der Waals surface area contributed by atoms with E-state index in [1.807, 2.05) is 0 Å². The van der Waals surface area contributed by atoms with Crippen molar-refractivity contribution in [1.82, 2.24) is 4.72 Å². The topological polar surface area (TPSA) is 63.2 Å². The third-order valence-corrected chi connectivity index (χ3v) is 1.46. The number of nitrogens with one attached hydrogen (secondary N) is 1. The van der Waals surface area contributed by atoms with Crippen LogP contribution >= 0.6 is 22.3 Å². The summed E-state index contributed by atoms with van der Waals surface area (Å²) < 4.78 is 21.7. The first kappa shape index (κ1) is 10.0. The number of rotatable bonds is 2. The van der Waals surface area contributed by atoms with Crippen molar-refractivity contribution >= 4 is 37.4 Å². The van der Waals surface area contributed by atoms with Crippen molar-refractivity contribution < 1.29 is 13.2 Å². The van der Waals surface area contributed by atoms with Crippen LogP contribution in [0, 0.1) is 0 Å². The van der Waals surface area contributed by atoms with Crippen molar-refractivity contribution in [2.24, 2.45) is 0 Å². The second kappa shape index (κ2) is 3.41. The molecule has 1 atom stereocenters. The standard InChI is InChI=1S/C3H5Cl2NO3S/c1-2(4)3(7)6-10(5,8)9/h2H,1H3,(H,6,7). The highest BCUT2D eigenvalue weighted by molar-refractivity contribution is 8.12. The fraction of sp³-hybridized carbons (Fsp3) is 0.667. The van der Waals surface area contributed by atoms with E-state index in [1.54, 1.807) is 0 Å². The van der Waals surface area contributed by atoms with E-state index in [-0.39, 0.29) is 0 Å². The van der Waals surface area contributed by atoms with E-state index in [1.165, 1.54) is 11.6 Å². The number of hydrogen-bond donors (Lipinski definition) is 1. The molecular weight excluding hydrogens is 201 g/mol. The maximum absolute atomic E-state index is 10.5. The van der Waals surface area contributed by atoms with Gasteiger partial charge in [-0.1, -0.05) is 0 Å². The minimum atomic E-state index is -3.98. The van der Waals surface area contributed by atoms with Crippen molar-refractivity contribution in [3.8, 4) is 0 Å². The lowest BCUT2D eigenvalue weighted by Gasteiger charge is -2.00. The highest BCUT2D eigenvalue weighted by Gasteiger charge is 2.14. The summed E-state index contributed by atoms with van der Waals surface area (Å²) in [7, 11) is 0.674. The van der Waals surface area contributed by atoms with E-state index < -0.39 is 20.5 Å². The molecule has 1 N–H and O–H groups in total. The fourth-order valence-corrected chi connectivity index (χ4v) is 0.966. The molecule has 0 aromatic rings. The minimum Gasteiger partial charge on any atom is -0.272 e. The van der Waals surface area contributed by atoms with Crippen molar-refractivity contribution in [3.05, 3.63) is 0 Å². The van der Waals surface area contributed by atoms with Crippen LogP contribution in [0.4, 0.5) is 0 Å². The number of carbonyl (C=O) groups is 1. The quantitative estimate of drug-likeness (QED) is 0.519. The van der Waals surface area contributed by atoms with Gasteiger partial charge in [-0.25, -0.2) is 4.72 Å². The van der Waals surface area contributed by atoms with Crippen LogP contribution in [0.3, 0.4) is 0 Å². The smallest absolute Gasteiger partial charge is 0.272 e. The zero-order valence-corrected chi connectivity index (χ0v) is 7.29. The van der Waals surface area contributed by atoms with Gasteiger partial charge < -0.3 is 0 Å². The van der Waals surface area contributed by atoms with Crippen molar-refractivity contribution in [2.75, 3.05) is 0 Å². The molecule has 0 fully saturated rings. The molecule has 4 nitrogen and oxygen atoms in total. The first-order chi connectivity index (χ1) is 4.33. The van der Waals surface area contributed by atoms with Gasteiger partial charge in [0.1, 0.15) is 5.38 Å².